The van der Waals surface area contributed by atoms with Crippen molar-refractivity contribution in [1.82, 2.24) is 0 Å². The first kappa shape index (κ1) is 11.1. The van der Waals surface area contributed by atoms with Crippen LogP contribution in [0.3, 0.4) is 0 Å². The van der Waals surface area contributed by atoms with E-state index >= 15 is 0 Å². The van der Waals surface area contributed by atoms with Crippen molar-refractivity contribution in [1.29, 1.82) is 0 Å². The Kier molecular flexibility index (Phi) is 2.87. The van der Waals surface area contributed by atoms with Crippen molar-refractivity contribution in [2.45, 2.75) is 6.10 Å². The van der Waals surface area contributed by atoms with E-state index in [1.54, 1.807) is 6.08 Å². The van der Waals surface area contributed by atoms with E-state index in [9.17, 15) is 0 Å². The first-order valence-electron chi connectivity index (χ1n) is 5.98. The van der Waals surface area contributed by atoms with Crippen molar-refractivity contribution in [2.75, 3.05) is 6.61 Å². The third-order valence-electron chi connectivity index (χ3n) is 3.00. The molecule has 0 aliphatic carbocycles. The Bertz CT molecular complexity index is 529. The van der Waals surface area contributed by atoms with Gasteiger partial charge in [-0.2, -0.15) is 0 Å². The van der Waals surface area contributed by atoms with Gasteiger partial charge in [0.25, 0.3) is 0 Å². The maximum atomic E-state index is 5.89. The second kappa shape index (κ2) is 4.67. The van der Waals surface area contributed by atoms with E-state index in [4.69, 9.17) is 9.47 Å². The quantitative estimate of drug-likeness (QED) is 0.750. The van der Waals surface area contributed by atoms with Gasteiger partial charge in [0, 0.05) is 11.1 Å². The van der Waals surface area contributed by atoms with Crippen LogP contribution in [0.15, 0.2) is 61.2 Å². The molecule has 0 unspecified atom stereocenters. The lowest BCUT2D eigenvalue weighted by Gasteiger charge is -2.27. The molecule has 1 aliphatic rings. The van der Waals surface area contributed by atoms with Crippen molar-refractivity contribution in [3.8, 4) is 11.5 Å². The van der Waals surface area contributed by atoms with Crippen molar-refractivity contribution in [3.63, 3.8) is 0 Å². The van der Waals surface area contributed by atoms with E-state index in [1.165, 1.54) is 0 Å². The maximum absolute atomic E-state index is 5.89. The molecule has 2 aromatic rings. The van der Waals surface area contributed by atoms with E-state index < -0.39 is 0 Å². The monoisotopic (exact) mass is 238 g/mol. The lowest BCUT2D eigenvalue weighted by molar-refractivity contribution is 0.0962. The molecule has 1 aliphatic heterocycles. The second-order valence-electron chi connectivity index (χ2n) is 4.18. The number of ether oxygens (including phenoxy) is 2. The van der Waals surface area contributed by atoms with Crippen molar-refractivity contribution < 1.29 is 9.47 Å². The van der Waals surface area contributed by atoms with Gasteiger partial charge in [0.1, 0.15) is 17.6 Å². The number of hydrogen-bond donors (Lipinski definition) is 0. The van der Waals surface area contributed by atoms with E-state index in [1.807, 2.05) is 48.5 Å². The molecule has 0 spiro atoms. The van der Waals surface area contributed by atoms with Crippen LogP contribution in [0.5, 0.6) is 11.5 Å². The fourth-order valence-electron chi connectivity index (χ4n) is 2.21. The van der Waals surface area contributed by atoms with E-state index in [0.29, 0.717) is 6.61 Å². The van der Waals surface area contributed by atoms with Gasteiger partial charge < -0.3 is 9.47 Å². The second-order valence-corrected chi connectivity index (χ2v) is 4.18. The molecule has 0 saturated carbocycles. The molecular weight excluding hydrogens is 224 g/mol. The highest BCUT2D eigenvalue weighted by Gasteiger charge is 2.26. The average molecular weight is 238 g/mol. The molecule has 3 rings (SSSR count). The predicted molar refractivity (Wildman–Crippen MR) is 71.0 cm³/mol. The Morgan fingerprint density at radius 3 is 2.11 bits per heavy atom. The van der Waals surface area contributed by atoms with Crippen LogP contribution >= 0.6 is 0 Å². The Morgan fingerprint density at radius 1 is 1.00 bits per heavy atom. The van der Waals surface area contributed by atoms with Gasteiger partial charge in [-0.3, -0.25) is 0 Å². The van der Waals surface area contributed by atoms with Crippen molar-refractivity contribution in [2.24, 2.45) is 0 Å². The molecule has 0 saturated heterocycles. The maximum Gasteiger partial charge on any atom is 0.133 e. The number of hydrogen-bond acceptors (Lipinski definition) is 2. The average Bonchev–Trinajstić information content (AvgIpc) is 2.43. The van der Waals surface area contributed by atoms with Crippen LogP contribution in [0.1, 0.15) is 17.2 Å². The molecular formula is C16H14O2. The van der Waals surface area contributed by atoms with Gasteiger partial charge in [-0.05, 0) is 12.1 Å². The Morgan fingerprint density at radius 2 is 1.56 bits per heavy atom. The molecule has 0 aromatic heterocycles. The number of fused-ring (bicyclic) bond motifs is 2. The minimum atomic E-state index is -0.0795. The number of para-hydroxylation sites is 2. The van der Waals surface area contributed by atoms with Crippen LogP contribution in [0.25, 0.3) is 0 Å². The number of benzene rings is 2. The molecule has 0 fully saturated rings. The van der Waals surface area contributed by atoms with Crippen molar-refractivity contribution in [3.05, 3.63) is 72.3 Å². The van der Waals surface area contributed by atoms with Gasteiger partial charge in [0.05, 0.1) is 6.61 Å². The van der Waals surface area contributed by atoms with E-state index in [-0.39, 0.29) is 6.10 Å². The molecule has 1 heterocycles. The Hall–Kier alpha value is -2.06. The van der Waals surface area contributed by atoms with Crippen LogP contribution < -0.4 is 4.74 Å². The molecule has 0 bridgehead atoms. The van der Waals surface area contributed by atoms with Gasteiger partial charge in [0.2, 0.25) is 0 Å². The normalized spacial score (nSPS) is 13.3. The SMILES string of the molecule is C=CCOC1c2ccccc2Oc2ccccc21. The molecule has 0 atom stereocenters. The Balaban J connectivity index is 2.08. The van der Waals surface area contributed by atoms with Crippen LogP contribution in [0.2, 0.25) is 0 Å². The highest BCUT2D eigenvalue weighted by Crippen LogP contribution is 2.44. The fourth-order valence-corrected chi connectivity index (χ4v) is 2.21. The van der Waals surface area contributed by atoms with Gasteiger partial charge in [-0.25, -0.2) is 0 Å². The molecule has 0 N–H and O–H groups in total. The third-order valence-corrected chi connectivity index (χ3v) is 3.00. The highest BCUT2D eigenvalue weighted by atomic mass is 16.5. The zero-order valence-electron chi connectivity index (χ0n) is 10.0. The summed E-state index contributed by atoms with van der Waals surface area (Å²) in [6, 6.07) is 16.0. The first-order chi connectivity index (χ1) is 8.90. The van der Waals surface area contributed by atoms with E-state index in [0.717, 1.165) is 22.6 Å². The summed E-state index contributed by atoms with van der Waals surface area (Å²) in [5, 5.41) is 0. The summed E-state index contributed by atoms with van der Waals surface area (Å²) in [5.74, 6) is 1.73. The molecule has 0 radical (unpaired) electrons. The van der Waals surface area contributed by atoms with Crippen LogP contribution in [0.4, 0.5) is 0 Å². The van der Waals surface area contributed by atoms with E-state index in [2.05, 4.69) is 6.58 Å². The van der Waals surface area contributed by atoms with Gasteiger partial charge in [-0.1, -0.05) is 42.5 Å². The zero-order chi connectivity index (χ0) is 12.4. The fraction of sp³-hybridized carbons (Fsp3) is 0.125. The smallest absolute Gasteiger partial charge is 0.133 e. The third kappa shape index (κ3) is 1.81. The largest absolute Gasteiger partial charge is 0.457 e. The number of rotatable bonds is 3. The molecule has 0 amide bonds. The first-order valence-corrected chi connectivity index (χ1v) is 5.98. The van der Waals surface area contributed by atoms with Gasteiger partial charge in [0.15, 0.2) is 0 Å². The topological polar surface area (TPSA) is 18.5 Å². The standard InChI is InChI=1S/C16H14O2/c1-2-11-17-16-12-7-3-5-9-14(12)18-15-10-6-4-8-13(15)16/h2-10,16H,1,11H2. The lowest BCUT2D eigenvalue weighted by atomic mass is 9.97. The minimum Gasteiger partial charge on any atom is -0.457 e. The summed E-state index contributed by atoms with van der Waals surface area (Å²) in [5.41, 5.74) is 2.14. The molecule has 2 aromatic carbocycles. The highest BCUT2D eigenvalue weighted by molar-refractivity contribution is 5.51. The molecule has 2 nitrogen and oxygen atoms in total. The van der Waals surface area contributed by atoms with Crippen LogP contribution in [-0.4, -0.2) is 6.61 Å². The molecule has 90 valence electrons. The van der Waals surface area contributed by atoms with Gasteiger partial charge >= 0.3 is 0 Å². The Labute approximate surface area is 106 Å². The molecule has 2 heteroatoms. The molecule has 18 heavy (non-hydrogen) atoms. The lowest BCUT2D eigenvalue weighted by Crippen LogP contribution is -2.13. The van der Waals surface area contributed by atoms with Crippen LogP contribution in [0, 0.1) is 0 Å². The summed E-state index contributed by atoms with van der Waals surface area (Å²) >= 11 is 0. The van der Waals surface area contributed by atoms with Crippen LogP contribution in [-0.2, 0) is 4.74 Å². The minimum absolute atomic E-state index is 0.0795. The summed E-state index contributed by atoms with van der Waals surface area (Å²) in [4.78, 5) is 0. The summed E-state index contributed by atoms with van der Waals surface area (Å²) in [6.45, 7) is 4.22. The zero-order valence-corrected chi connectivity index (χ0v) is 10.0. The van der Waals surface area contributed by atoms with Gasteiger partial charge in [-0.15, -0.1) is 6.58 Å². The summed E-state index contributed by atoms with van der Waals surface area (Å²) in [7, 11) is 0. The predicted octanol–water partition coefficient (Wildman–Crippen LogP) is 4.08. The summed E-state index contributed by atoms with van der Waals surface area (Å²) < 4.78 is 11.8. The van der Waals surface area contributed by atoms with Crippen molar-refractivity contribution >= 4 is 0 Å². The summed E-state index contributed by atoms with van der Waals surface area (Å²) in [6.07, 6.45) is 1.69.